The molecule has 1 N–H and O–H groups in total. The molecule has 0 aromatic heterocycles. The van der Waals surface area contributed by atoms with Gasteiger partial charge < -0.3 is 5.32 Å². The van der Waals surface area contributed by atoms with Gasteiger partial charge in [0.1, 0.15) is 0 Å². The predicted molar refractivity (Wildman–Crippen MR) is 72.4 cm³/mol. The fraction of sp³-hybridized carbons (Fsp3) is 0.571. The van der Waals surface area contributed by atoms with Crippen LogP contribution >= 0.6 is 11.8 Å². The van der Waals surface area contributed by atoms with Crippen molar-refractivity contribution in [3.05, 3.63) is 29.3 Å². The Labute approximate surface area is 102 Å². The number of anilines is 1. The van der Waals surface area contributed by atoms with E-state index in [2.05, 4.69) is 35.3 Å². The molecule has 1 aromatic carbocycles. The van der Waals surface area contributed by atoms with Crippen LogP contribution in [0.25, 0.3) is 0 Å². The standard InChI is InChI=1S/C14H19NS/c1-2-12-4-5-14(8-13(12)3-1)15-9-11-6-7-16-10-11/h4-5,8,11,15H,1-3,6-7,9-10H2. The second kappa shape index (κ2) is 4.70. The molecule has 0 amide bonds. The van der Waals surface area contributed by atoms with Gasteiger partial charge in [-0.3, -0.25) is 0 Å². The molecular weight excluding hydrogens is 214 g/mol. The first-order chi connectivity index (χ1) is 7.92. The fourth-order valence-corrected chi connectivity index (χ4v) is 3.97. The smallest absolute Gasteiger partial charge is 0.0343 e. The Balaban J connectivity index is 1.61. The molecule has 1 aliphatic carbocycles. The molecule has 0 spiro atoms. The number of aryl methyl sites for hydroxylation is 2. The Hall–Kier alpha value is -0.630. The second-order valence-electron chi connectivity index (χ2n) is 4.95. The van der Waals surface area contributed by atoms with E-state index in [0.29, 0.717) is 0 Å². The van der Waals surface area contributed by atoms with Crippen molar-refractivity contribution >= 4 is 17.4 Å². The summed E-state index contributed by atoms with van der Waals surface area (Å²) in [5, 5.41) is 3.60. The molecule has 1 unspecified atom stereocenters. The van der Waals surface area contributed by atoms with E-state index >= 15 is 0 Å². The van der Waals surface area contributed by atoms with E-state index in [1.807, 2.05) is 0 Å². The van der Waals surface area contributed by atoms with Crippen molar-refractivity contribution in [2.45, 2.75) is 25.7 Å². The molecule has 1 atom stereocenters. The molecule has 1 saturated heterocycles. The summed E-state index contributed by atoms with van der Waals surface area (Å²) in [5.41, 5.74) is 4.48. The summed E-state index contributed by atoms with van der Waals surface area (Å²) in [6.45, 7) is 1.16. The highest BCUT2D eigenvalue weighted by Crippen LogP contribution is 2.26. The van der Waals surface area contributed by atoms with Gasteiger partial charge in [-0.2, -0.15) is 11.8 Å². The average molecular weight is 233 g/mol. The molecule has 86 valence electrons. The normalized spacial score (nSPS) is 23.4. The van der Waals surface area contributed by atoms with E-state index in [4.69, 9.17) is 0 Å². The van der Waals surface area contributed by atoms with Crippen LogP contribution in [0, 0.1) is 5.92 Å². The maximum Gasteiger partial charge on any atom is 0.0343 e. The molecule has 1 aromatic rings. The molecule has 1 heterocycles. The number of thioether (sulfide) groups is 1. The lowest BCUT2D eigenvalue weighted by atomic mass is 10.1. The Kier molecular flexibility index (Phi) is 3.09. The van der Waals surface area contributed by atoms with E-state index < -0.39 is 0 Å². The highest BCUT2D eigenvalue weighted by Gasteiger charge is 2.15. The van der Waals surface area contributed by atoms with E-state index in [-0.39, 0.29) is 0 Å². The summed E-state index contributed by atoms with van der Waals surface area (Å²) in [6, 6.07) is 6.94. The zero-order valence-corrected chi connectivity index (χ0v) is 10.5. The Bertz CT molecular complexity index is 369. The Morgan fingerprint density at radius 1 is 1.25 bits per heavy atom. The summed E-state index contributed by atoms with van der Waals surface area (Å²) >= 11 is 2.10. The largest absolute Gasteiger partial charge is 0.385 e. The lowest BCUT2D eigenvalue weighted by Gasteiger charge is -2.12. The first kappa shape index (κ1) is 10.5. The van der Waals surface area contributed by atoms with Crippen molar-refractivity contribution in [2.75, 3.05) is 23.4 Å². The van der Waals surface area contributed by atoms with Crippen LogP contribution in [0.5, 0.6) is 0 Å². The van der Waals surface area contributed by atoms with Crippen molar-refractivity contribution < 1.29 is 0 Å². The van der Waals surface area contributed by atoms with Crippen molar-refractivity contribution in [3.8, 4) is 0 Å². The van der Waals surface area contributed by atoms with Crippen LogP contribution in [0.1, 0.15) is 24.0 Å². The van der Waals surface area contributed by atoms with Gasteiger partial charge in [-0.05, 0) is 66.4 Å². The number of hydrogen-bond acceptors (Lipinski definition) is 2. The van der Waals surface area contributed by atoms with Crippen LogP contribution in [-0.2, 0) is 12.8 Å². The molecule has 1 nitrogen and oxygen atoms in total. The first-order valence-electron chi connectivity index (χ1n) is 6.35. The summed E-state index contributed by atoms with van der Waals surface area (Å²) < 4.78 is 0. The third-order valence-corrected chi connectivity index (χ3v) is 4.95. The molecule has 3 rings (SSSR count). The highest BCUT2D eigenvalue weighted by atomic mass is 32.2. The molecule has 0 radical (unpaired) electrons. The topological polar surface area (TPSA) is 12.0 Å². The number of rotatable bonds is 3. The minimum atomic E-state index is 0.887. The lowest BCUT2D eigenvalue weighted by molar-refractivity contribution is 0.632. The monoisotopic (exact) mass is 233 g/mol. The van der Waals surface area contributed by atoms with Crippen molar-refractivity contribution in [1.29, 1.82) is 0 Å². The van der Waals surface area contributed by atoms with E-state index in [0.717, 1.165) is 12.5 Å². The zero-order valence-electron chi connectivity index (χ0n) is 9.67. The van der Waals surface area contributed by atoms with Crippen LogP contribution < -0.4 is 5.32 Å². The van der Waals surface area contributed by atoms with E-state index in [1.165, 1.54) is 42.9 Å². The van der Waals surface area contributed by atoms with Gasteiger partial charge in [-0.1, -0.05) is 6.07 Å². The number of hydrogen-bond donors (Lipinski definition) is 1. The Morgan fingerprint density at radius 2 is 2.19 bits per heavy atom. The number of fused-ring (bicyclic) bond motifs is 1. The van der Waals surface area contributed by atoms with E-state index in [9.17, 15) is 0 Å². The molecule has 2 aliphatic rings. The number of benzene rings is 1. The fourth-order valence-electron chi connectivity index (χ4n) is 2.69. The molecule has 16 heavy (non-hydrogen) atoms. The van der Waals surface area contributed by atoms with Crippen molar-refractivity contribution in [1.82, 2.24) is 0 Å². The molecular formula is C14H19NS. The minimum Gasteiger partial charge on any atom is -0.385 e. The maximum absolute atomic E-state index is 3.60. The van der Waals surface area contributed by atoms with Gasteiger partial charge in [-0.25, -0.2) is 0 Å². The predicted octanol–water partition coefficient (Wildman–Crippen LogP) is 3.34. The van der Waals surface area contributed by atoms with Gasteiger partial charge in [0, 0.05) is 12.2 Å². The third-order valence-electron chi connectivity index (χ3n) is 3.72. The maximum atomic E-state index is 3.60. The van der Waals surface area contributed by atoms with Crippen LogP contribution in [0.3, 0.4) is 0 Å². The summed E-state index contributed by atoms with van der Waals surface area (Å²) in [4.78, 5) is 0. The summed E-state index contributed by atoms with van der Waals surface area (Å²) in [5.74, 6) is 3.59. The molecule has 1 fully saturated rings. The van der Waals surface area contributed by atoms with Gasteiger partial charge in [-0.15, -0.1) is 0 Å². The minimum absolute atomic E-state index is 0.887. The zero-order chi connectivity index (χ0) is 10.8. The number of nitrogens with one attached hydrogen (secondary N) is 1. The van der Waals surface area contributed by atoms with Gasteiger partial charge in [0.2, 0.25) is 0 Å². The first-order valence-corrected chi connectivity index (χ1v) is 7.51. The van der Waals surface area contributed by atoms with Crippen LogP contribution in [0.15, 0.2) is 18.2 Å². The van der Waals surface area contributed by atoms with Crippen LogP contribution in [0.4, 0.5) is 5.69 Å². The van der Waals surface area contributed by atoms with Crippen LogP contribution in [0.2, 0.25) is 0 Å². The van der Waals surface area contributed by atoms with Gasteiger partial charge in [0.25, 0.3) is 0 Å². The van der Waals surface area contributed by atoms with Gasteiger partial charge in [0.05, 0.1) is 0 Å². The summed E-state index contributed by atoms with van der Waals surface area (Å²) in [7, 11) is 0. The van der Waals surface area contributed by atoms with E-state index in [1.54, 1.807) is 11.1 Å². The van der Waals surface area contributed by atoms with Crippen molar-refractivity contribution in [2.24, 2.45) is 5.92 Å². The Morgan fingerprint density at radius 3 is 3.06 bits per heavy atom. The summed E-state index contributed by atoms with van der Waals surface area (Å²) in [6.07, 6.45) is 5.31. The lowest BCUT2D eigenvalue weighted by Crippen LogP contribution is -2.13. The van der Waals surface area contributed by atoms with Gasteiger partial charge >= 0.3 is 0 Å². The molecule has 2 heteroatoms. The molecule has 1 aliphatic heterocycles. The van der Waals surface area contributed by atoms with Gasteiger partial charge in [0.15, 0.2) is 0 Å². The highest BCUT2D eigenvalue weighted by molar-refractivity contribution is 7.99. The molecule has 0 saturated carbocycles. The molecule has 0 bridgehead atoms. The van der Waals surface area contributed by atoms with Crippen LogP contribution in [-0.4, -0.2) is 18.1 Å². The third kappa shape index (κ3) is 2.22. The average Bonchev–Trinajstić information content (AvgIpc) is 2.97. The quantitative estimate of drug-likeness (QED) is 0.859. The second-order valence-corrected chi connectivity index (χ2v) is 6.10. The van der Waals surface area contributed by atoms with Crippen molar-refractivity contribution in [3.63, 3.8) is 0 Å². The SMILES string of the molecule is c1cc2c(cc1NCC1CCSC1)CCC2.